The van der Waals surface area contributed by atoms with E-state index in [1.807, 2.05) is 26.0 Å². The molecule has 94 valence electrons. The van der Waals surface area contributed by atoms with E-state index < -0.39 is 4.92 Å². The van der Waals surface area contributed by atoms with Crippen LogP contribution in [-0.2, 0) is 0 Å². The summed E-state index contributed by atoms with van der Waals surface area (Å²) in [5, 5.41) is 13.9. The van der Waals surface area contributed by atoms with Crippen molar-refractivity contribution in [2.75, 3.05) is 11.9 Å². The Hall–Kier alpha value is -2.02. The molecule has 0 bridgehead atoms. The standard InChI is InChI=1S/C11H12N4O2S/c1-3-12-11-13-6-8(15(16)17)10(14-11)9-5-4-7(2)18-9/h4-6H,3H2,1-2H3,(H,12,13,14). The molecule has 2 rings (SSSR count). The van der Waals surface area contributed by atoms with Crippen LogP contribution >= 0.6 is 11.3 Å². The van der Waals surface area contributed by atoms with Crippen molar-refractivity contribution in [3.63, 3.8) is 0 Å². The van der Waals surface area contributed by atoms with Crippen LogP contribution in [0.15, 0.2) is 18.3 Å². The number of aryl methyl sites for hydroxylation is 1. The maximum absolute atomic E-state index is 11.0. The van der Waals surface area contributed by atoms with Crippen molar-refractivity contribution in [2.45, 2.75) is 13.8 Å². The van der Waals surface area contributed by atoms with Gasteiger partial charge >= 0.3 is 5.69 Å². The molecular weight excluding hydrogens is 252 g/mol. The molecule has 0 radical (unpaired) electrons. The Balaban J connectivity index is 2.53. The highest BCUT2D eigenvalue weighted by Crippen LogP contribution is 2.33. The van der Waals surface area contributed by atoms with Gasteiger partial charge in [0.25, 0.3) is 0 Å². The number of thiophene rings is 1. The Morgan fingerprint density at radius 1 is 1.50 bits per heavy atom. The maximum atomic E-state index is 11.0. The zero-order chi connectivity index (χ0) is 13.1. The summed E-state index contributed by atoms with van der Waals surface area (Å²) < 4.78 is 0. The fraction of sp³-hybridized carbons (Fsp3) is 0.273. The summed E-state index contributed by atoms with van der Waals surface area (Å²) in [5.74, 6) is 0.407. The molecule has 1 N–H and O–H groups in total. The van der Waals surface area contributed by atoms with Crippen LogP contribution in [0.4, 0.5) is 11.6 Å². The van der Waals surface area contributed by atoms with Gasteiger partial charge < -0.3 is 5.32 Å². The van der Waals surface area contributed by atoms with Crippen LogP contribution in [0.25, 0.3) is 10.6 Å². The van der Waals surface area contributed by atoms with Gasteiger partial charge in [0.05, 0.1) is 9.80 Å². The fourth-order valence-corrected chi connectivity index (χ4v) is 2.36. The first-order chi connectivity index (χ1) is 8.61. The number of hydrogen-bond donors (Lipinski definition) is 1. The second-order valence-electron chi connectivity index (χ2n) is 3.63. The van der Waals surface area contributed by atoms with Crippen LogP contribution in [0, 0.1) is 17.0 Å². The Labute approximate surface area is 108 Å². The molecule has 0 aliphatic carbocycles. The van der Waals surface area contributed by atoms with E-state index in [0.717, 1.165) is 9.75 Å². The minimum absolute atomic E-state index is 0.0708. The van der Waals surface area contributed by atoms with Crippen molar-refractivity contribution in [3.05, 3.63) is 33.3 Å². The first-order valence-electron chi connectivity index (χ1n) is 5.44. The molecule has 7 heteroatoms. The third-order valence-electron chi connectivity index (χ3n) is 2.27. The third-order valence-corrected chi connectivity index (χ3v) is 3.28. The molecule has 18 heavy (non-hydrogen) atoms. The number of nitrogens with one attached hydrogen (secondary N) is 1. The summed E-state index contributed by atoms with van der Waals surface area (Å²) in [5.41, 5.74) is 0.294. The van der Waals surface area contributed by atoms with Gasteiger partial charge in [-0.15, -0.1) is 11.3 Å². The first-order valence-corrected chi connectivity index (χ1v) is 6.25. The summed E-state index contributed by atoms with van der Waals surface area (Å²) in [6.07, 6.45) is 1.25. The quantitative estimate of drug-likeness (QED) is 0.678. The molecule has 0 aliphatic heterocycles. The van der Waals surface area contributed by atoms with Crippen LogP contribution in [0.5, 0.6) is 0 Å². The van der Waals surface area contributed by atoms with Gasteiger partial charge in [-0.2, -0.15) is 0 Å². The lowest BCUT2D eigenvalue weighted by atomic mass is 10.3. The zero-order valence-electron chi connectivity index (χ0n) is 10.0. The van der Waals surface area contributed by atoms with Crippen LogP contribution in [0.3, 0.4) is 0 Å². The molecule has 0 spiro atoms. The van der Waals surface area contributed by atoms with Gasteiger partial charge in [0, 0.05) is 11.4 Å². The highest BCUT2D eigenvalue weighted by molar-refractivity contribution is 7.15. The smallest absolute Gasteiger partial charge is 0.314 e. The molecule has 0 saturated carbocycles. The number of anilines is 1. The summed E-state index contributed by atoms with van der Waals surface area (Å²) in [7, 11) is 0. The Kier molecular flexibility index (Phi) is 3.52. The van der Waals surface area contributed by atoms with Crippen molar-refractivity contribution in [2.24, 2.45) is 0 Å². The molecule has 0 atom stereocenters. The second-order valence-corrected chi connectivity index (χ2v) is 4.91. The predicted molar refractivity (Wildman–Crippen MR) is 70.9 cm³/mol. The Morgan fingerprint density at radius 2 is 2.28 bits per heavy atom. The van der Waals surface area contributed by atoms with E-state index in [0.29, 0.717) is 18.2 Å². The lowest BCUT2D eigenvalue weighted by molar-refractivity contribution is -0.384. The normalized spacial score (nSPS) is 10.3. The maximum Gasteiger partial charge on any atom is 0.314 e. The van der Waals surface area contributed by atoms with Crippen molar-refractivity contribution >= 4 is 23.0 Å². The summed E-state index contributed by atoms with van der Waals surface area (Å²) >= 11 is 1.48. The molecule has 2 heterocycles. The highest BCUT2D eigenvalue weighted by Gasteiger charge is 2.19. The van der Waals surface area contributed by atoms with Gasteiger partial charge in [-0.3, -0.25) is 10.1 Å². The van der Waals surface area contributed by atoms with Gasteiger partial charge in [0.2, 0.25) is 5.95 Å². The minimum Gasteiger partial charge on any atom is -0.354 e. The molecule has 0 aromatic carbocycles. The van der Waals surface area contributed by atoms with Gasteiger partial charge in [-0.1, -0.05) is 0 Å². The van der Waals surface area contributed by atoms with E-state index in [9.17, 15) is 10.1 Å². The largest absolute Gasteiger partial charge is 0.354 e. The molecule has 2 aromatic rings. The van der Waals surface area contributed by atoms with Crippen molar-refractivity contribution < 1.29 is 4.92 Å². The zero-order valence-corrected chi connectivity index (χ0v) is 10.8. The van der Waals surface area contributed by atoms with E-state index in [1.54, 1.807) is 0 Å². The molecule has 0 fully saturated rings. The van der Waals surface area contributed by atoms with Crippen LogP contribution in [-0.4, -0.2) is 21.4 Å². The van der Waals surface area contributed by atoms with E-state index in [4.69, 9.17) is 0 Å². The van der Waals surface area contributed by atoms with Crippen LogP contribution < -0.4 is 5.32 Å². The van der Waals surface area contributed by atoms with E-state index in [2.05, 4.69) is 15.3 Å². The van der Waals surface area contributed by atoms with Crippen LogP contribution in [0.1, 0.15) is 11.8 Å². The first kappa shape index (κ1) is 12.4. The van der Waals surface area contributed by atoms with Crippen molar-refractivity contribution in [3.8, 4) is 10.6 Å². The Morgan fingerprint density at radius 3 is 2.83 bits per heavy atom. The highest BCUT2D eigenvalue weighted by atomic mass is 32.1. The number of nitrogens with zero attached hydrogens (tertiary/aromatic N) is 3. The second kappa shape index (κ2) is 5.09. The van der Waals surface area contributed by atoms with Crippen molar-refractivity contribution in [1.29, 1.82) is 0 Å². The SMILES string of the molecule is CCNc1ncc([N+](=O)[O-])c(-c2ccc(C)s2)n1. The van der Waals surface area contributed by atoms with E-state index in [1.165, 1.54) is 17.5 Å². The van der Waals surface area contributed by atoms with Crippen molar-refractivity contribution in [1.82, 2.24) is 9.97 Å². The summed E-state index contributed by atoms with van der Waals surface area (Å²) in [6.45, 7) is 4.53. The number of nitro groups is 1. The lowest BCUT2D eigenvalue weighted by Gasteiger charge is -2.03. The van der Waals surface area contributed by atoms with E-state index >= 15 is 0 Å². The van der Waals surface area contributed by atoms with E-state index in [-0.39, 0.29) is 5.69 Å². The topological polar surface area (TPSA) is 81.0 Å². The average Bonchev–Trinajstić information content (AvgIpc) is 2.76. The number of aromatic nitrogens is 2. The fourth-order valence-electron chi connectivity index (χ4n) is 1.50. The van der Waals surface area contributed by atoms with Crippen LogP contribution in [0.2, 0.25) is 0 Å². The number of hydrogen-bond acceptors (Lipinski definition) is 6. The average molecular weight is 264 g/mol. The van der Waals surface area contributed by atoms with Gasteiger partial charge in [-0.25, -0.2) is 9.97 Å². The molecule has 0 amide bonds. The molecular formula is C11H12N4O2S. The molecule has 0 unspecified atom stereocenters. The third kappa shape index (κ3) is 2.45. The predicted octanol–water partition coefficient (Wildman–Crippen LogP) is 2.85. The number of rotatable bonds is 4. The molecule has 6 nitrogen and oxygen atoms in total. The molecule has 0 saturated heterocycles. The Bertz CT molecular complexity index is 582. The monoisotopic (exact) mass is 264 g/mol. The van der Waals surface area contributed by atoms with Gasteiger partial charge in [-0.05, 0) is 26.0 Å². The molecule has 2 aromatic heterocycles. The lowest BCUT2D eigenvalue weighted by Crippen LogP contribution is -2.04. The van der Waals surface area contributed by atoms with Gasteiger partial charge in [0.1, 0.15) is 6.20 Å². The van der Waals surface area contributed by atoms with Gasteiger partial charge in [0.15, 0.2) is 5.69 Å². The summed E-state index contributed by atoms with van der Waals surface area (Å²) in [4.78, 5) is 20.5. The summed E-state index contributed by atoms with van der Waals surface area (Å²) in [6, 6.07) is 3.75. The minimum atomic E-state index is -0.458. The molecule has 0 aliphatic rings.